The maximum atomic E-state index is 12.8. The molecule has 2 rings (SSSR count). The van der Waals surface area contributed by atoms with Crippen LogP contribution in [0.2, 0.25) is 0 Å². The molecule has 1 amide bonds. The topological polar surface area (TPSA) is 36.0 Å². The number of rotatable bonds is 6. The third kappa shape index (κ3) is 5.16. The van der Waals surface area contributed by atoms with Crippen molar-refractivity contribution >= 4 is 5.91 Å². The molecule has 134 valence electrons. The van der Waals surface area contributed by atoms with Crippen LogP contribution in [-0.2, 0) is 9.53 Å². The van der Waals surface area contributed by atoms with Gasteiger partial charge in [0.1, 0.15) is 0 Å². The minimum atomic E-state index is 0.0201. The summed E-state index contributed by atoms with van der Waals surface area (Å²) >= 11 is 0. The molecule has 0 aromatic heterocycles. The van der Waals surface area contributed by atoms with Gasteiger partial charge in [0.15, 0.2) is 0 Å². The molecule has 0 aromatic carbocycles. The molecule has 2 fully saturated rings. The van der Waals surface area contributed by atoms with Gasteiger partial charge in [-0.05, 0) is 26.2 Å². The van der Waals surface area contributed by atoms with Crippen LogP contribution in [0, 0.1) is 0 Å². The molecule has 2 aliphatic rings. The lowest BCUT2D eigenvalue weighted by Crippen LogP contribution is -2.58. The fourth-order valence-corrected chi connectivity index (χ4v) is 3.87. The molecular formula is C18H35N3O2. The molecular weight excluding hydrogens is 290 g/mol. The third-order valence-electron chi connectivity index (χ3n) is 5.51. The van der Waals surface area contributed by atoms with Gasteiger partial charge < -0.3 is 9.64 Å². The predicted molar refractivity (Wildman–Crippen MR) is 93.6 cm³/mol. The molecule has 2 heterocycles. The SMILES string of the molecule is CC[C@@H]1CN([C@@H](C)C(=O)N2CCCCCC2)CCN1CCOC. The Morgan fingerprint density at radius 2 is 1.83 bits per heavy atom. The van der Waals surface area contributed by atoms with Gasteiger partial charge >= 0.3 is 0 Å². The Hall–Kier alpha value is -0.650. The number of amides is 1. The van der Waals surface area contributed by atoms with Crippen LogP contribution in [-0.4, -0.2) is 85.7 Å². The monoisotopic (exact) mass is 325 g/mol. The van der Waals surface area contributed by atoms with Crippen molar-refractivity contribution in [3.05, 3.63) is 0 Å². The Morgan fingerprint density at radius 3 is 2.43 bits per heavy atom. The number of methoxy groups -OCH3 is 1. The highest BCUT2D eigenvalue weighted by Gasteiger charge is 2.32. The van der Waals surface area contributed by atoms with Crippen molar-refractivity contribution in [2.75, 3.05) is 53.0 Å². The van der Waals surface area contributed by atoms with E-state index in [1.54, 1.807) is 7.11 Å². The van der Waals surface area contributed by atoms with Crippen LogP contribution in [0.25, 0.3) is 0 Å². The smallest absolute Gasteiger partial charge is 0.239 e. The summed E-state index contributed by atoms with van der Waals surface area (Å²) in [6.07, 6.45) is 6.01. The number of piperazine rings is 1. The van der Waals surface area contributed by atoms with E-state index in [1.807, 2.05) is 0 Å². The van der Waals surface area contributed by atoms with Crippen molar-refractivity contribution in [3.8, 4) is 0 Å². The fourth-order valence-electron chi connectivity index (χ4n) is 3.87. The van der Waals surface area contributed by atoms with Crippen LogP contribution in [0.3, 0.4) is 0 Å². The van der Waals surface area contributed by atoms with Gasteiger partial charge in [0.25, 0.3) is 0 Å². The summed E-state index contributed by atoms with van der Waals surface area (Å²) in [5.74, 6) is 0.340. The largest absolute Gasteiger partial charge is 0.383 e. The Morgan fingerprint density at radius 1 is 1.13 bits per heavy atom. The second kappa shape index (κ2) is 9.60. The van der Waals surface area contributed by atoms with Gasteiger partial charge in [-0.1, -0.05) is 19.8 Å². The molecule has 0 aromatic rings. The first-order chi connectivity index (χ1) is 11.2. The second-order valence-electron chi connectivity index (χ2n) is 7.00. The van der Waals surface area contributed by atoms with Crippen molar-refractivity contribution in [1.82, 2.24) is 14.7 Å². The van der Waals surface area contributed by atoms with Gasteiger partial charge in [0, 0.05) is 52.4 Å². The lowest BCUT2D eigenvalue weighted by molar-refractivity contribution is -0.137. The van der Waals surface area contributed by atoms with Crippen LogP contribution in [0.5, 0.6) is 0 Å². The predicted octanol–water partition coefficient (Wildman–Crippen LogP) is 1.82. The average molecular weight is 325 g/mol. The fraction of sp³-hybridized carbons (Fsp3) is 0.944. The number of ether oxygens (including phenoxy) is 1. The van der Waals surface area contributed by atoms with Crippen LogP contribution >= 0.6 is 0 Å². The van der Waals surface area contributed by atoms with Gasteiger partial charge in [0.05, 0.1) is 12.6 Å². The first-order valence-electron chi connectivity index (χ1n) is 9.43. The highest BCUT2D eigenvalue weighted by Crippen LogP contribution is 2.18. The lowest BCUT2D eigenvalue weighted by atomic mass is 10.1. The van der Waals surface area contributed by atoms with Crippen molar-refractivity contribution in [3.63, 3.8) is 0 Å². The van der Waals surface area contributed by atoms with Crippen LogP contribution in [0.1, 0.15) is 46.0 Å². The summed E-state index contributed by atoms with van der Waals surface area (Å²) < 4.78 is 5.23. The molecule has 0 saturated carbocycles. The summed E-state index contributed by atoms with van der Waals surface area (Å²) in [7, 11) is 1.76. The Kier molecular flexibility index (Phi) is 7.80. The van der Waals surface area contributed by atoms with Crippen LogP contribution in [0.15, 0.2) is 0 Å². The molecule has 0 N–H and O–H groups in total. The average Bonchev–Trinajstić information content (AvgIpc) is 2.87. The number of carbonyl (C=O) groups is 1. The molecule has 2 saturated heterocycles. The summed E-state index contributed by atoms with van der Waals surface area (Å²) in [5.41, 5.74) is 0. The maximum Gasteiger partial charge on any atom is 0.239 e. The minimum Gasteiger partial charge on any atom is -0.383 e. The zero-order valence-electron chi connectivity index (χ0n) is 15.3. The van der Waals surface area contributed by atoms with Crippen LogP contribution in [0.4, 0.5) is 0 Å². The van der Waals surface area contributed by atoms with E-state index in [1.165, 1.54) is 25.7 Å². The summed E-state index contributed by atoms with van der Waals surface area (Å²) in [6, 6.07) is 0.560. The lowest BCUT2D eigenvalue weighted by Gasteiger charge is -2.43. The Bertz CT molecular complexity index is 356. The molecule has 0 aliphatic carbocycles. The maximum absolute atomic E-state index is 12.8. The minimum absolute atomic E-state index is 0.0201. The number of carbonyl (C=O) groups excluding carboxylic acids is 1. The normalized spacial score (nSPS) is 26.0. The summed E-state index contributed by atoms with van der Waals surface area (Å²) in [6.45, 7) is 11.1. The number of nitrogens with zero attached hydrogens (tertiary/aromatic N) is 3. The molecule has 2 aliphatic heterocycles. The molecule has 23 heavy (non-hydrogen) atoms. The van der Waals surface area contributed by atoms with Crippen molar-refractivity contribution in [2.24, 2.45) is 0 Å². The molecule has 5 nitrogen and oxygen atoms in total. The molecule has 2 atom stereocenters. The quantitative estimate of drug-likeness (QED) is 0.746. The summed E-state index contributed by atoms with van der Waals surface area (Å²) in [4.78, 5) is 19.9. The van der Waals surface area contributed by atoms with E-state index in [2.05, 4.69) is 28.5 Å². The number of likely N-dealkylation sites (tertiary alicyclic amines) is 1. The van der Waals surface area contributed by atoms with Crippen LogP contribution < -0.4 is 0 Å². The van der Waals surface area contributed by atoms with Gasteiger partial charge in [-0.15, -0.1) is 0 Å². The zero-order valence-corrected chi connectivity index (χ0v) is 15.3. The van der Waals surface area contributed by atoms with Crippen molar-refractivity contribution in [2.45, 2.75) is 58.0 Å². The van der Waals surface area contributed by atoms with E-state index in [4.69, 9.17) is 4.74 Å². The van der Waals surface area contributed by atoms with Gasteiger partial charge in [-0.25, -0.2) is 0 Å². The van der Waals surface area contributed by atoms with E-state index < -0.39 is 0 Å². The first kappa shape index (κ1) is 18.7. The number of hydrogen-bond donors (Lipinski definition) is 0. The standard InChI is InChI=1S/C18H35N3O2/c1-4-17-15-21(12-11-19(17)13-14-23-3)16(2)18(22)20-9-7-5-6-8-10-20/h16-17H,4-15H2,1-3H3/t16-,17+/m0/s1. The Labute approximate surface area is 141 Å². The van der Waals surface area contributed by atoms with Crippen molar-refractivity contribution in [1.29, 1.82) is 0 Å². The van der Waals surface area contributed by atoms with E-state index in [9.17, 15) is 4.79 Å². The first-order valence-corrected chi connectivity index (χ1v) is 9.43. The Balaban J connectivity index is 1.89. The zero-order chi connectivity index (χ0) is 16.7. The van der Waals surface area contributed by atoms with Gasteiger partial charge in [-0.2, -0.15) is 0 Å². The van der Waals surface area contributed by atoms with E-state index in [-0.39, 0.29) is 6.04 Å². The van der Waals surface area contributed by atoms with Gasteiger partial charge in [-0.3, -0.25) is 14.6 Å². The molecule has 0 spiro atoms. The van der Waals surface area contributed by atoms with Gasteiger partial charge in [0.2, 0.25) is 5.91 Å². The van der Waals surface area contributed by atoms with Crippen molar-refractivity contribution < 1.29 is 9.53 Å². The molecule has 0 radical (unpaired) electrons. The van der Waals surface area contributed by atoms with E-state index in [0.29, 0.717) is 11.9 Å². The van der Waals surface area contributed by atoms with E-state index >= 15 is 0 Å². The number of hydrogen-bond acceptors (Lipinski definition) is 4. The highest BCUT2D eigenvalue weighted by molar-refractivity contribution is 5.81. The molecule has 0 bridgehead atoms. The summed E-state index contributed by atoms with van der Waals surface area (Å²) in [5, 5.41) is 0. The molecule has 0 unspecified atom stereocenters. The third-order valence-corrected chi connectivity index (χ3v) is 5.51. The molecule has 5 heteroatoms. The van der Waals surface area contributed by atoms with E-state index in [0.717, 1.165) is 52.3 Å². The second-order valence-corrected chi connectivity index (χ2v) is 7.00. The highest BCUT2D eigenvalue weighted by atomic mass is 16.5.